The normalized spacial score (nSPS) is 17.3. The summed E-state index contributed by atoms with van der Waals surface area (Å²) in [5.41, 5.74) is -3.68. The molecule has 0 aliphatic rings. The Labute approximate surface area is 86.9 Å². The molecule has 15 heavy (non-hydrogen) atoms. The molecule has 0 aromatic heterocycles. The van der Waals surface area contributed by atoms with Crippen molar-refractivity contribution in [3.63, 3.8) is 0 Å². The molecule has 0 saturated heterocycles. The maximum Gasteiger partial charge on any atom is 0.377 e. The third-order valence-electron chi connectivity index (χ3n) is 2.27. The second-order valence-corrected chi connectivity index (χ2v) is 4.29. The summed E-state index contributed by atoms with van der Waals surface area (Å²) in [6.07, 6.45) is -0.490. The van der Waals surface area contributed by atoms with Gasteiger partial charge in [0.05, 0.1) is 5.60 Å². The molecule has 0 aliphatic heterocycles. The number of hydrogen-bond donors (Lipinski definition) is 2. The maximum absolute atomic E-state index is 13.1. The molecule has 0 aromatic carbocycles. The van der Waals surface area contributed by atoms with Crippen LogP contribution >= 0.6 is 0 Å². The van der Waals surface area contributed by atoms with Crippen molar-refractivity contribution in [2.45, 2.75) is 44.3 Å². The minimum atomic E-state index is -4.21. The summed E-state index contributed by atoms with van der Waals surface area (Å²) in [5, 5.41) is 17.8. The Morgan fingerprint density at radius 3 is 2.00 bits per heavy atom. The van der Waals surface area contributed by atoms with Crippen molar-refractivity contribution in [1.29, 1.82) is 0 Å². The number of carboxylic acid groups (broad SMARTS) is 1. The van der Waals surface area contributed by atoms with Gasteiger partial charge in [-0.2, -0.15) is 8.78 Å². The predicted octanol–water partition coefficient (Wildman–Crippen LogP) is 1.27. The van der Waals surface area contributed by atoms with Gasteiger partial charge < -0.3 is 14.9 Å². The van der Waals surface area contributed by atoms with Crippen LogP contribution < -0.4 is 0 Å². The number of alkyl halides is 2. The molecule has 6 heteroatoms. The van der Waals surface area contributed by atoms with E-state index in [4.69, 9.17) is 9.84 Å². The molecule has 90 valence electrons. The summed E-state index contributed by atoms with van der Waals surface area (Å²) in [5.74, 6) is -6.55. The van der Waals surface area contributed by atoms with E-state index >= 15 is 0 Å². The lowest BCUT2D eigenvalue weighted by Gasteiger charge is -2.35. The molecule has 0 amide bonds. The van der Waals surface area contributed by atoms with Crippen molar-refractivity contribution < 1.29 is 28.5 Å². The van der Waals surface area contributed by atoms with E-state index in [1.165, 1.54) is 21.0 Å². The van der Waals surface area contributed by atoms with Gasteiger partial charge in [-0.1, -0.05) is 0 Å². The summed E-state index contributed by atoms with van der Waals surface area (Å²) in [4.78, 5) is 10.3. The number of carbonyl (C=O) groups is 1. The molecule has 0 rings (SSSR count). The first-order chi connectivity index (χ1) is 6.46. The lowest BCUT2D eigenvalue weighted by Crippen LogP contribution is -2.54. The Kier molecular flexibility index (Phi) is 3.82. The number of ether oxygens (including phenoxy) is 1. The first-order valence-electron chi connectivity index (χ1n) is 4.35. The van der Waals surface area contributed by atoms with Crippen LogP contribution in [-0.4, -0.2) is 40.4 Å². The average Bonchev–Trinajstić information content (AvgIpc) is 2.02. The molecule has 4 nitrogen and oxygen atoms in total. The van der Waals surface area contributed by atoms with Crippen LogP contribution in [0, 0.1) is 0 Å². The lowest BCUT2D eigenvalue weighted by atomic mass is 9.85. The average molecular weight is 226 g/mol. The molecule has 1 atom stereocenters. The molecule has 2 N–H and O–H groups in total. The summed E-state index contributed by atoms with van der Waals surface area (Å²) < 4.78 is 31.0. The van der Waals surface area contributed by atoms with E-state index in [1.54, 1.807) is 0 Å². The predicted molar refractivity (Wildman–Crippen MR) is 48.9 cm³/mol. The van der Waals surface area contributed by atoms with Gasteiger partial charge in [0.25, 0.3) is 0 Å². The standard InChI is InChI=1S/C9H16F2O4/c1-7(2,15-4)5-8(3,14)9(10,11)6(12)13/h14H,5H2,1-4H3,(H,12,13). The minimum Gasteiger partial charge on any atom is -0.477 e. The van der Waals surface area contributed by atoms with Crippen LogP contribution in [0.25, 0.3) is 0 Å². The van der Waals surface area contributed by atoms with Crippen LogP contribution in [0.1, 0.15) is 27.2 Å². The molecular formula is C9H16F2O4. The van der Waals surface area contributed by atoms with Crippen LogP contribution in [0.2, 0.25) is 0 Å². The zero-order valence-corrected chi connectivity index (χ0v) is 9.17. The third-order valence-corrected chi connectivity index (χ3v) is 2.27. The summed E-state index contributed by atoms with van der Waals surface area (Å²) in [7, 11) is 1.30. The molecule has 0 heterocycles. The summed E-state index contributed by atoms with van der Waals surface area (Å²) >= 11 is 0. The Morgan fingerprint density at radius 1 is 1.33 bits per heavy atom. The van der Waals surface area contributed by atoms with Crippen LogP contribution in [0.3, 0.4) is 0 Å². The van der Waals surface area contributed by atoms with Crippen LogP contribution in [0.5, 0.6) is 0 Å². The second kappa shape index (κ2) is 4.02. The maximum atomic E-state index is 13.1. The van der Waals surface area contributed by atoms with E-state index in [0.717, 1.165) is 6.92 Å². The molecule has 0 aromatic rings. The minimum absolute atomic E-state index is 0.490. The largest absolute Gasteiger partial charge is 0.477 e. The van der Waals surface area contributed by atoms with Gasteiger partial charge in [-0.15, -0.1) is 0 Å². The van der Waals surface area contributed by atoms with Crippen molar-refractivity contribution in [3.05, 3.63) is 0 Å². The summed E-state index contributed by atoms with van der Waals surface area (Å²) in [6.45, 7) is 3.75. The van der Waals surface area contributed by atoms with Crippen molar-refractivity contribution in [1.82, 2.24) is 0 Å². The van der Waals surface area contributed by atoms with E-state index in [0.29, 0.717) is 0 Å². The van der Waals surface area contributed by atoms with Gasteiger partial charge in [-0.25, -0.2) is 4.79 Å². The van der Waals surface area contributed by atoms with Crippen molar-refractivity contribution >= 4 is 5.97 Å². The van der Waals surface area contributed by atoms with Gasteiger partial charge in [0, 0.05) is 13.5 Å². The van der Waals surface area contributed by atoms with Crippen LogP contribution in [0.4, 0.5) is 8.78 Å². The fourth-order valence-electron chi connectivity index (χ4n) is 1.24. The van der Waals surface area contributed by atoms with Gasteiger partial charge in [0.2, 0.25) is 0 Å². The van der Waals surface area contributed by atoms with Crippen molar-refractivity contribution in [2.24, 2.45) is 0 Å². The Hall–Kier alpha value is -0.750. The third kappa shape index (κ3) is 3.10. The highest BCUT2D eigenvalue weighted by atomic mass is 19.3. The number of aliphatic hydroxyl groups is 1. The van der Waals surface area contributed by atoms with Gasteiger partial charge in [0.1, 0.15) is 5.60 Å². The number of carboxylic acids is 1. The molecular weight excluding hydrogens is 210 g/mol. The molecule has 0 radical (unpaired) electrons. The van der Waals surface area contributed by atoms with Gasteiger partial charge in [0.15, 0.2) is 0 Å². The number of hydrogen-bond acceptors (Lipinski definition) is 3. The zero-order valence-electron chi connectivity index (χ0n) is 9.17. The number of rotatable bonds is 5. The second-order valence-electron chi connectivity index (χ2n) is 4.29. The van der Waals surface area contributed by atoms with Crippen LogP contribution in [0.15, 0.2) is 0 Å². The van der Waals surface area contributed by atoms with E-state index in [9.17, 15) is 18.7 Å². The smallest absolute Gasteiger partial charge is 0.377 e. The van der Waals surface area contributed by atoms with E-state index in [1.807, 2.05) is 0 Å². The quantitative estimate of drug-likeness (QED) is 0.740. The molecule has 0 spiro atoms. The summed E-state index contributed by atoms with van der Waals surface area (Å²) in [6, 6.07) is 0. The van der Waals surface area contributed by atoms with Gasteiger partial charge in [-0.05, 0) is 20.8 Å². The van der Waals surface area contributed by atoms with Crippen molar-refractivity contribution in [2.75, 3.05) is 7.11 Å². The topological polar surface area (TPSA) is 66.8 Å². The SMILES string of the molecule is COC(C)(C)CC(C)(O)C(F)(F)C(=O)O. The monoisotopic (exact) mass is 226 g/mol. The van der Waals surface area contributed by atoms with Crippen LogP contribution in [-0.2, 0) is 9.53 Å². The van der Waals surface area contributed by atoms with Gasteiger partial charge in [-0.3, -0.25) is 0 Å². The Balaban J connectivity index is 4.91. The highest BCUT2D eigenvalue weighted by molar-refractivity contribution is 5.77. The molecule has 1 unspecified atom stereocenters. The fourth-order valence-corrected chi connectivity index (χ4v) is 1.24. The zero-order chi connectivity index (χ0) is 12.5. The lowest BCUT2D eigenvalue weighted by molar-refractivity contribution is -0.215. The highest BCUT2D eigenvalue weighted by Crippen LogP contribution is 2.36. The Bertz CT molecular complexity index is 248. The molecule has 0 aliphatic carbocycles. The van der Waals surface area contributed by atoms with E-state index < -0.39 is 29.5 Å². The Morgan fingerprint density at radius 2 is 1.73 bits per heavy atom. The first kappa shape index (κ1) is 14.2. The molecule has 0 saturated carbocycles. The van der Waals surface area contributed by atoms with E-state index in [-0.39, 0.29) is 0 Å². The van der Waals surface area contributed by atoms with E-state index in [2.05, 4.69) is 0 Å². The highest BCUT2D eigenvalue weighted by Gasteiger charge is 2.57. The van der Waals surface area contributed by atoms with Crippen molar-refractivity contribution in [3.8, 4) is 0 Å². The van der Waals surface area contributed by atoms with Gasteiger partial charge >= 0.3 is 11.9 Å². The number of methoxy groups -OCH3 is 1. The number of aliphatic carboxylic acids is 1. The number of halogens is 2. The molecule has 0 bridgehead atoms. The first-order valence-corrected chi connectivity index (χ1v) is 4.35. The fraction of sp³-hybridized carbons (Fsp3) is 0.889. The molecule has 0 fully saturated rings.